The molecule has 0 atom stereocenters. The Morgan fingerprint density at radius 3 is 2.43 bits per heavy atom. The Morgan fingerprint density at radius 1 is 0.929 bits per heavy atom. The lowest BCUT2D eigenvalue weighted by Gasteiger charge is -2.11. The van der Waals surface area contributed by atoms with Gasteiger partial charge in [0.1, 0.15) is 16.9 Å². The molecular weight excluding hydrogens is 349 g/mol. The number of aryl methyl sites for hydroxylation is 1. The first-order chi connectivity index (χ1) is 13.5. The molecule has 0 radical (unpaired) electrons. The maximum Gasteiger partial charge on any atom is 0.239 e. The van der Waals surface area contributed by atoms with Crippen molar-refractivity contribution in [3.8, 4) is 0 Å². The number of anilines is 1. The molecule has 2 aromatic heterocycles. The summed E-state index contributed by atoms with van der Waals surface area (Å²) in [6.45, 7) is 0. The van der Waals surface area contributed by atoms with Crippen LogP contribution in [-0.2, 0) is 7.05 Å². The van der Waals surface area contributed by atoms with Gasteiger partial charge in [-0.05, 0) is 42.0 Å². The number of fused-ring (bicyclic) bond motifs is 5. The lowest BCUT2D eigenvalue weighted by Crippen LogP contribution is -2.34. The van der Waals surface area contributed by atoms with Gasteiger partial charge in [0, 0.05) is 36.5 Å². The number of para-hydroxylation sites is 1. The van der Waals surface area contributed by atoms with Gasteiger partial charge < -0.3 is 4.90 Å². The zero-order chi connectivity index (χ0) is 19.4. The predicted molar refractivity (Wildman–Crippen MR) is 113 cm³/mol. The van der Waals surface area contributed by atoms with E-state index in [0.29, 0.717) is 0 Å². The first kappa shape index (κ1) is 16.8. The van der Waals surface area contributed by atoms with Gasteiger partial charge >= 0.3 is 0 Å². The Hall–Kier alpha value is -3.40. The van der Waals surface area contributed by atoms with Crippen LogP contribution in [-0.4, -0.2) is 18.6 Å². The summed E-state index contributed by atoms with van der Waals surface area (Å²) < 4.78 is 18.4. The molecule has 138 valence electrons. The average Bonchev–Trinajstić information content (AvgIpc) is 3.16. The van der Waals surface area contributed by atoms with E-state index in [0.717, 1.165) is 43.8 Å². The van der Waals surface area contributed by atoms with Crippen molar-refractivity contribution in [2.45, 2.75) is 0 Å². The molecule has 3 nitrogen and oxygen atoms in total. The van der Waals surface area contributed by atoms with Gasteiger partial charge in [0.15, 0.2) is 7.05 Å². The van der Waals surface area contributed by atoms with Crippen molar-refractivity contribution in [3.05, 3.63) is 83.3 Å². The number of hydrogen-bond acceptors (Lipinski definition) is 1. The van der Waals surface area contributed by atoms with Gasteiger partial charge in [-0.3, -0.25) is 0 Å². The Morgan fingerprint density at radius 2 is 1.68 bits per heavy atom. The van der Waals surface area contributed by atoms with Crippen molar-refractivity contribution in [1.29, 1.82) is 0 Å². The Balaban J connectivity index is 1.92. The van der Waals surface area contributed by atoms with E-state index in [1.54, 1.807) is 6.07 Å². The third-order valence-electron chi connectivity index (χ3n) is 5.47. The summed E-state index contributed by atoms with van der Waals surface area (Å²) in [4.78, 5) is 2.09. The van der Waals surface area contributed by atoms with Crippen molar-refractivity contribution in [1.82, 2.24) is 4.52 Å². The summed E-state index contributed by atoms with van der Waals surface area (Å²) in [5.74, 6) is -0.216. The Bertz CT molecular complexity index is 1400. The van der Waals surface area contributed by atoms with E-state index in [1.165, 1.54) is 6.07 Å². The molecule has 0 amide bonds. The van der Waals surface area contributed by atoms with E-state index in [2.05, 4.69) is 62.6 Å². The fourth-order valence-electron chi connectivity index (χ4n) is 4.09. The second-order valence-corrected chi connectivity index (χ2v) is 7.41. The molecule has 0 aliphatic heterocycles. The molecule has 2 heterocycles. The third-order valence-corrected chi connectivity index (χ3v) is 5.47. The minimum absolute atomic E-state index is 0.216. The molecule has 0 saturated carbocycles. The van der Waals surface area contributed by atoms with Gasteiger partial charge in [-0.1, -0.05) is 30.3 Å². The van der Waals surface area contributed by atoms with Crippen LogP contribution in [0.3, 0.4) is 0 Å². The molecule has 28 heavy (non-hydrogen) atoms. The summed E-state index contributed by atoms with van der Waals surface area (Å²) >= 11 is 0. The zero-order valence-corrected chi connectivity index (χ0v) is 16.1. The third kappa shape index (κ3) is 2.38. The van der Waals surface area contributed by atoms with Crippen molar-refractivity contribution >= 4 is 39.1 Å². The highest BCUT2D eigenvalue weighted by atomic mass is 19.1. The van der Waals surface area contributed by atoms with Gasteiger partial charge in [0.05, 0.1) is 5.39 Å². The molecule has 0 aliphatic carbocycles. The number of benzene rings is 3. The van der Waals surface area contributed by atoms with Gasteiger partial charge in [-0.15, -0.1) is 9.20 Å². The first-order valence-corrected chi connectivity index (χ1v) is 9.34. The van der Waals surface area contributed by atoms with Crippen molar-refractivity contribution in [2.24, 2.45) is 7.05 Å². The van der Waals surface area contributed by atoms with Gasteiger partial charge in [-0.25, -0.2) is 4.39 Å². The van der Waals surface area contributed by atoms with Crippen LogP contribution in [0.5, 0.6) is 0 Å². The van der Waals surface area contributed by atoms with Gasteiger partial charge in [-0.2, -0.15) is 0 Å². The number of aromatic nitrogens is 2. The van der Waals surface area contributed by atoms with Crippen LogP contribution < -0.4 is 14.8 Å². The van der Waals surface area contributed by atoms with Crippen molar-refractivity contribution < 1.29 is 9.07 Å². The van der Waals surface area contributed by atoms with Gasteiger partial charge in [0.2, 0.25) is 5.52 Å². The van der Waals surface area contributed by atoms with Gasteiger partial charge in [0.25, 0.3) is 0 Å². The fourth-order valence-corrected chi connectivity index (χ4v) is 4.09. The smallest absolute Gasteiger partial charge is 0.239 e. The summed E-state index contributed by atoms with van der Waals surface area (Å²) in [7, 11) is 6.10. The summed E-state index contributed by atoms with van der Waals surface area (Å²) in [6.07, 6.45) is 2.20. The Labute approximate surface area is 162 Å². The maximum atomic E-state index is 14.1. The second-order valence-electron chi connectivity index (χ2n) is 7.41. The predicted octanol–water partition coefficient (Wildman–Crippen LogP) is 3.82. The zero-order valence-electron chi connectivity index (χ0n) is 16.1. The van der Waals surface area contributed by atoms with Crippen LogP contribution in [0.4, 0.5) is 10.1 Å². The first-order valence-electron chi connectivity index (χ1n) is 9.34. The van der Waals surface area contributed by atoms with E-state index >= 15 is 0 Å². The quantitative estimate of drug-likeness (QED) is 0.430. The SMILES string of the molecule is CN(C)c1ccc(/C=c2/c3ccccc3n3c2c2cc(F)ccc2[n+]3C)cc1. The molecule has 0 aliphatic rings. The lowest BCUT2D eigenvalue weighted by molar-refractivity contribution is -0.711. The summed E-state index contributed by atoms with van der Waals surface area (Å²) in [6, 6.07) is 21.8. The van der Waals surface area contributed by atoms with Crippen LogP contribution in [0.1, 0.15) is 5.56 Å². The van der Waals surface area contributed by atoms with Crippen LogP contribution >= 0.6 is 0 Å². The number of nitrogens with zero attached hydrogens (tertiary/aromatic N) is 3. The monoisotopic (exact) mass is 370 g/mol. The highest BCUT2D eigenvalue weighted by molar-refractivity contribution is 6.01. The molecule has 5 rings (SSSR count). The number of hydrogen-bond donors (Lipinski definition) is 0. The average molecular weight is 370 g/mol. The van der Waals surface area contributed by atoms with Crippen molar-refractivity contribution in [2.75, 3.05) is 19.0 Å². The van der Waals surface area contributed by atoms with E-state index in [9.17, 15) is 4.39 Å². The van der Waals surface area contributed by atoms with E-state index < -0.39 is 0 Å². The highest BCUT2D eigenvalue weighted by Gasteiger charge is 2.22. The number of rotatable bonds is 2. The lowest BCUT2D eigenvalue weighted by atomic mass is 10.1. The largest absolute Gasteiger partial charge is 0.378 e. The molecule has 0 unspecified atom stereocenters. The molecule has 0 saturated heterocycles. The molecule has 0 spiro atoms. The molecule has 4 heteroatoms. The molecule has 0 fully saturated rings. The number of halogens is 1. The van der Waals surface area contributed by atoms with Crippen LogP contribution in [0, 0.1) is 5.82 Å². The topological polar surface area (TPSA) is 11.5 Å². The standard InChI is InChI=1S/C24H21FN3/c1-26(2)18-11-8-16(9-12-18)14-20-19-6-4-5-7-23(19)28-24(20)21-15-17(25)10-13-22(21)27(28)3/h4-15H,1-3H3/q+1. The fraction of sp³-hybridized carbons (Fsp3) is 0.125. The van der Waals surface area contributed by atoms with Crippen LogP contribution in [0.2, 0.25) is 0 Å². The summed E-state index contributed by atoms with van der Waals surface area (Å²) in [5, 5.41) is 3.20. The van der Waals surface area contributed by atoms with Crippen molar-refractivity contribution in [3.63, 3.8) is 0 Å². The van der Waals surface area contributed by atoms with Crippen LogP contribution in [0.25, 0.3) is 33.4 Å². The second kappa shape index (κ2) is 6.06. The molecule has 0 N–H and O–H groups in total. The highest BCUT2D eigenvalue weighted by Crippen LogP contribution is 2.23. The normalized spacial score (nSPS) is 12.5. The maximum absolute atomic E-state index is 14.1. The molecule has 5 aromatic rings. The molecule has 0 bridgehead atoms. The van der Waals surface area contributed by atoms with E-state index in [1.807, 2.05) is 33.3 Å². The molecule has 3 aromatic carbocycles. The van der Waals surface area contributed by atoms with E-state index in [4.69, 9.17) is 0 Å². The Kier molecular flexibility index (Phi) is 3.63. The summed E-state index contributed by atoms with van der Waals surface area (Å²) in [5.41, 5.74) is 5.45. The van der Waals surface area contributed by atoms with E-state index in [-0.39, 0.29) is 5.82 Å². The van der Waals surface area contributed by atoms with Crippen LogP contribution in [0.15, 0.2) is 66.7 Å². The minimum atomic E-state index is -0.216. The molecular formula is C24H21FN3+. The minimum Gasteiger partial charge on any atom is -0.378 e.